The van der Waals surface area contributed by atoms with E-state index in [0.29, 0.717) is 39.0 Å². The molecule has 9 heteroatoms. The Morgan fingerprint density at radius 2 is 2.00 bits per heavy atom. The summed E-state index contributed by atoms with van der Waals surface area (Å²) in [4.78, 5) is 33.5. The van der Waals surface area contributed by atoms with Crippen LogP contribution >= 0.6 is 11.3 Å². The fraction of sp³-hybridized carbons (Fsp3) is 0.0870. The fourth-order valence-electron chi connectivity index (χ4n) is 3.15. The van der Waals surface area contributed by atoms with Crippen LogP contribution in [-0.4, -0.2) is 32.2 Å². The molecule has 0 saturated heterocycles. The number of nitrogens with zero attached hydrogens (tertiary/aromatic N) is 4. The first kappa shape index (κ1) is 19.8. The maximum Gasteiger partial charge on any atom is 0.338 e. The van der Waals surface area contributed by atoms with E-state index in [-0.39, 0.29) is 11.5 Å². The standard InChI is InChI=1S/C23H16N4O4S/c1-2-30-22(29)15-7-5-14(6-8-15)18-10-9-17(31-18)12-19-21(28)27-23(32-19)25-20(26-27)16-4-3-11-24-13-16/h3-13H,2H2,1H3/b19-12-. The van der Waals surface area contributed by atoms with Gasteiger partial charge in [0, 0.05) is 29.6 Å². The van der Waals surface area contributed by atoms with E-state index in [0.717, 1.165) is 11.1 Å². The zero-order valence-electron chi connectivity index (χ0n) is 16.9. The Labute approximate surface area is 185 Å². The molecule has 4 aromatic heterocycles. The number of carbonyl (C=O) groups excluding carboxylic acids is 1. The zero-order valence-corrected chi connectivity index (χ0v) is 17.7. The molecule has 5 aromatic rings. The van der Waals surface area contributed by atoms with Crippen molar-refractivity contribution in [3.8, 4) is 22.7 Å². The summed E-state index contributed by atoms with van der Waals surface area (Å²) in [5, 5.41) is 4.31. The molecule has 0 aliphatic carbocycles. The molecule has 0 fully saturated rings. The number of benzene rings is 1. The first-order chi connectivity index (χ1) is 15.6. The third-order valence-electron chi connectivity index (χ3n) is 4.68. The molecule has 0 N–H and O–H groups in total. The van der Waals surface area contributed by atoms with Gasteiger partial charge in [-0.2, -0.15) is 9.50 Å². The second kappa shape index (κ2) is 8.20. The maximum absolute atomic E-state index is 12.7. The largest absolute Gasteiger partial charge is 0.462 e. The smallest absolute Gasteiger partial charge is 0.338 e. The molecule has 8 nitrogen and oxygen atoms in total. The normalized spacial score (nSPS) is 11.8. The summed E-state index contributed by atoms with van der Waals surface area (Å²) in [6, 6.07) is 14.2. The van der Waals surface area contributed by atoms with Crippen LogP contribution in [0.5, 0.6) is 0 Å². The quantitative estimate of drug-likeness (QED) is 0.384. The lowest BCUT2D eigenvalue weighted by Gasteiger charge is -2.02. The van der Waals surface area contributed by atoms with E-state index in [2.05, 4.69) is 15.1 Å². The van der Waals surface area contributed by atoms with Gasteiger partial charge in [-0.25, -0.2) is 4.79 Å². The summed E-state index contributed by atoms with van der Waals surface area (Å²) < 4.78 is 12.6. The van der Waals surface area contributed by atoms with Crippen molar-refractivity contribution in [2.75, 3.05) is 6.61 Å². The van der Waals surface area contributed by atoms with Crippen molar-refractivity contribution in [1.82, 2.24) is 19.6 Å². The van der Waals surface area contributed by atoms with Crippen LogP contribution in [-0.2, 0) is 4.74 Å². The van der Waals surface area contributed by atoms with Crippen LogP contribution in [0.4, 0.5) is 0 Å². The minimum Gasteiger partial charge on any atom is -0.462 e. The SMILES string of the molecule is CCOC(=O)c1ccc(-c2ccc(/C=c3\sc4nc(-c5cccnc5)nn4c3=O)o2)cc1. The lowest BCUT2D eigenvalue weighted by Crippen LogP contribution is -2.23. The number of aromatic nitrogens is 4. The molecule has 0 unspecified atom stereocenters. The highest BCUT2D eigenvalue weighted by Crippen LogP contribution is 2.23. The highest BCUT2D eigenvalue weighted by molar-refractivity contribution is 7.15. The molecule has 4 heterocycles. The number of thiazole rings is 1. The second-order valence-corrected chi connectivity index (χ2v) is 7.80. The number of ether oxygens (including phenoxy) is 1. The molecule has 0 bridgehead atoms. The van der Waals surface area contributed by atoms with Crippen molar-refractivity contribution < 1.29 is 13.9 Å². The van der Waals surface area contributed by atoms with Gasteiger partial charge in [-0.15, -0.1) is 5.10 Å². The number of esters is 1. The van der Waals surface area contributed by atoms with Gasteiger partial charge >= 0.3 is 5.97 Å². The summed E-state index contributed by atoms with van der Waals surface area (Å²) in [5.41, 5.74) is 1.77. The zero-order chi connectivity index (χ0) is 22.1. The molecular weight excluding hydrogens is 428 g/mol. The van der Waals surface area contributed by atoms with Gasteiger partial charge in [-0.3, -0.25) is 9.78 Å². The Bertz CT molecular complexity index is 1520. The Kier molecular flexibility index (Phi) is 5.08. The molecule has 0 spiro atoms. The third-order valence-corrected chi connectivity index (χ3v) is 5.64. The molecule has 0 aliphatic heterocycles. The Hall–Kier alpha value is -4.11. The average Bonchev–Trinajstić information content (AvgIpc) is 3.52. The van der Waals surface area contributed by atoms with Gasteiger partial charge in [0.2, 0.25) is 4.96 Å². The molecule has 0 radical (unpaired) electrons. The summed E-state index contributed by atoms with van der Waals surface area (Å²) in [6.45, 7) is 2.09. The first-order valence-corrected chi connectivity index (χ1v) is 10.6. The topological polar surface area (TPSA) is 99.6 Å². The minimum absolute atomic E-state index is 0.260. The van der Waals surface area contributed by atoms with E-state index in [1.54, 1.807) is 61.8 Å². The number of pyridine rings is 1. The molecule has 1 aromatic carbocycles. The number of hydrogen-bond acceptors (Lipinski definition) is 8. The second-order valence-electron chi connectivity index (χ2n) is 6.79. The van der Waals surface area contributed by atoms with Crippen LogP contribution in [0.25, 0.3) is 33.7 Å². The van der Waals surface area contributed by atoms with Gasteiger partial charge in [0.15, 0.2) is 5.82 Å². The van der Waals surface area contributed by atoms with Crippen molar-refractivity contribution >= 4 is 28.3 Å². The molecule has 32 heavy (non-hydrogen) atoms. The van der Waals surface area contributed by atoms with Crippen LogP contribution in [0.2, 0.25) is 0 Å². The van der Waals surface area contributed by atoms with Crippen molar-refractivity contribution in [3.05, 3.63) is 87.1 Å². The molecule has 5 rings (SSSR count). The van der Waals surface area contributed by atoms with Gasteiger partial charge in [0.05, 0.1) is 12.2 Å². The predicted octanol–water partition coefficient (Wildman–Crippen LogP) is 3.20. The van der Waals surface area contributed by atoms with Crippen molar-refractivity contribution in [1.29, 1.82) is 0 Å². The minimum atomic E-state index is -0.363. The van der Waals surface area contributed by atoms with Crippen molar-refractivity contribution in [2.24, 2.45) is 0 Å². The molecule has 0 saturated carbocycles. The van der Waals surface area contributed by atoms with Crippen LogP contribution < -0.4 is 10.1 Å². The van der Waals surface area contributed by atoms with Gasteiger partial charge < -0.3 is 9.15 Å². The van der Waals surface area contributed by atoms with E-state index in [1.807, 2.05) is 12.1 Å². The molecule has 0 aliphatic rings. The van der Waals surface area contributed by atoms with Crippen LogP contribution in [0.3, 0.4) is 0 Å². The molecular formula is C23H16N4O4S. The summed E-state index contributed by atoms with van der Waals surface area (Å²) in [5.74, 6) is 1.25. The van der Waals surface area contributed by atoms with Gasteiger partial charge in [0.1, 0.15) is 16.1 Å². The highest BCUT2D eigenvalue weighted by Gasteiger charge is 2.13. The van der Waals surface area contributed by atoms with Gasteiger partial charge in [0.25, 0.3) is 5.56 Å². The lowest BCUT2D eigenvalue weighted by atomic mass is 10.1. The number of furan rings is 1. The Morgan fingerprint density at radius 3 is 2.72 bits per heavy atom. The van der Waals surface area contributed by atoms with Crippen molar-refractivity contribution in [3.63, 3.8) is 0 Å². The van der Waals surface area contributed by atoms with E-state index in [4.69, 9.17) is 9.15 Å². The Morgan fingerprint density at radius 1 is 1.16 bits per heavy atom. The van der Waals surface area contributed by atoms with Crippen LogP contribution in [0, 0.1) is 0 Å². The first-order valence-electron chi connectivity index (χ1n) is 9.81. The van der Waals surface area contributed by atoms with Crippen LogP contribution in [0.15, 0.2) is 70.1 Å². The third kappa shape index (κ3) is 3.69. The summed E-state index contributed by atoms with van der Waals surface area (Å²) in [6.07, 6.45) is 4.99. The van der Waals surface area contributed by atoms with Gasteiger partial charge in [-0.1, -0.05) is 23.5 Å². The Balaban J connectivity index is 1.42. The number of rotatable bonds is 5. The maximum atomic E-state index is 12.7. The summed E-state index contributed by atoms with van der Waals surface area (Å²) in [7, 11) is 0. The number of hydrogen-bond donors (Lipinski definition) is 0. The van der Waals surface area contributed by atoms with Crippen LogP contribution in [0.1, 0.15) is 23.0 Å². The number of fused-ring (bicyclic) bond motifs is 1. The monoisotopic (exact) mass is 444 g/mol. The van der Waals surface area contributed by atoms with E-state index in [9.17, 15) is 9.59 Å². The van der Waals surface area contributed by atoms with E-state index >= 15 is 0 Å². The molecule has 0 amide bonds. The number of carbonyl (C=O) groups is 1. The molecule has 0 atom stereocenters. The summed E-state index contributed by atoms with van der Waals surface area (Å²) >= 11 is 1.24. The molecule has 158 valence electrons. The fourth-order valence-corrected chi connectivity index (χ4v) is 4.04. The van der Waals surface area contributed by atoms with E-state index in [1.165, 1.54) is 15.9 Å². The van der Waals surface area contributed by atoms with Crippen molar-refractivity contribution in [2.45, 2.75) is 6.92 Å². The predicted molar refractivity (Wildman–Crippen MR) is 119 cm³/mol. The lowest BCUT2D eigenvalue weighted by molar-refractivity contribution is 0.0526. The van der Waals surface area contributed by atoms with Gasteiger partial charge in [-0.05, 0) is 43.3 Å². The highest BCUT2D eigenvalue weighted by atomic mass is 32.1. The average molecular weight is 444 g/mol. The van der Waals surface area contributed by atoms with E-state index < -0.39 is 0 Å².